The third-order valence-corrected chi connectivity index (χ3v) is 4.25. The Morgan fingerprint density at radius 1 is 1.19 bits per heavy atom. The van der Waals surface area contributed by atoms with Crippen molar-refractivity contribution in [3.8, 4) is 0 Å². The molecule has 0 aromatic carbocycles. The lowest BCUT2D eigenvalue weighted by Gasteiger charge is -2.18. The summed E-state index contributed by atoms with van der Waals surface area (Å²) in [6, 6.07) is 5.92. The molecule has 0 atom stereocenters. The van der Waals surface area contributed by atoms with E-state index in [2.05, 4.69) is 47.4 Å². The fraction of sp³-hybridized carbons (Fsp3) is 0.467. The largest absolute Gasteiger partial charge is 0.373 e. The molecule has 2 aromatic rings. The Bertz CT molecular complexity index is 604. The van der Waals surface area contributed by atoms with Crippen molar-refractivity contribution in [2.45, 2.75) is 32.6 Å². The van der Waals surface area contributed by atoms with E-state index in [-0.39, 0.29) is 5.41 Å². The molecule has 2 heterocycles. The first-order chi connectivity index (χ1) is 9.88. The minimum absolute atomic E-state index is 0.0788. The van der Waals surface area contributed by atoms with Gasteiger partial charge < -0.3 is 10.6 Å². The number of aromatic nitrogens is 2. The van der Waals surface area contributed by atoms with Gasteiger partial charge in [-0.3, -0.25) is 0 Å². The van der Waals surface area contributed by atoms with Crippen molar-refractivity contribution < 1.29 is 0 Å². The molecule has 114 valence electrons. The zero-order chi connectivity index (χ0) is 15.5. The molecule has 0 spiro atoms. The summed E-state index contributed by atoms with van der Waals surface area (Å²) in [7, 11) is 1.87. The summed E-state index contributed by atoms with van der Waals surface area (Å²) in [5.41, 5.74) is -0.0788. The normalized spacial score (nSPS) is 11.5. The standard InChI is InChI=1S/C15H21ClN4S/c1-15(2,3)14-19-12(17-4)9-13(20-14)18-8-7-10-5-6-11(16)21-10/h5-6,9H,7-8H2,1-4H3,(H2,17,18,19,20). The second-order valence-corrected chi connectivity index (χ2v) is 7.64. The third-order valence-electron chi connectivity index (χ3n) is 2.96. The number of hydrogen-bond donors (Lipinski definition) is 2. The Labute approximate surface area is 135 Å². The number of nitrogens with one attached hydrogen (secondary N) is 2. The van der Waals surface area contributed by atoms with Gasteiger partial charge in [-0.2, -0.15) is 0 Å². The van der Waals surface area contributed by atoms with Gasteiger partial charge in [-0.25, -0.2) is 9.97 Å². The summed E-state index contributed by atoms with van der Waals surface area (Å²) in [6.07, 6.45) is 0.932. The van der Waals surface area contributed by atoms with Crippen LogP contribution in [0.3, 0.4) is 0 Å². The van der Waals surface area contributed by atoms with E-state index in [1.54, 1.807) is 11.3 Å². The van der Waals surface area contributed by atoms with Crippen molar-refractivity contribution in [1.82, 2.24) is 9.97 Å². The summed E-state index contributed by atoms with van der Waals surface area (Å²) in [4.78, 5) is 10.4. The van der Waals surface area contributed by atoms with Gasteiger partial charge in [0.25, 0.3) is 0 Å². The first kappa shape index (κ1) is 16.0. The van der Waals surface area contributed by atoms with E-state index in [9.17, 15) is 0 Å². The molecule has 0 radical (unpaired) electrons. The average molecular weight is 325 g/mol. The Kier molecular flexibility index (Phi) is 5.06. The highest BCUT2D eigenvalue weighted by Crippen LogP contribution is 2.23. The summed E-state index contributed by atoms with van der Waals surface area (Å²) in [6.45, 7) is 7.15. The van der Waals surface area contributed by atoms with Gasteiger partial charge in [0.1, 0.15) is 17.5 Å². The lowest BCUT2D eigenvalue weighted by molar-refractivity contribution is 0.546. The van der Waals surface area contributed by atoms with Crippen molar-refractivity contribution in [1.29, 1.82) is 0 Å². The van der Waals surface area contributed by atoms with Crippen LogP contribution in [0, 0.1) is 0 Å². The summed E-state index contributed by atoms with van der Waals surface area (Å²) < 4.78 is 0.833. The van der Waals surface area contributed by atoms with Gasteiger partial charge in [-0.05, 0) is 18.6 Å². The maximum atomic E-state index is 5.94. The van der Waals surface area contributed by atoms with E-state index in [0.29, 0.717) is 0 Å². The molecule has 6 heteroatoms. The molecule has 0 saturated carbocycles. The van der Waals surface area contributed by atoms with Gasteiger partial charge in [-0.1, -0.05) is 32.4 Å². The second-order valence-electron chi connectivity index (χ2n) is 5.84. The monoisotopic (exact) mass is 324 g/mol. The minimum Gasteiger partial charge on any atom is -0.373 e. The van der Waals surface area contributed by atoms with E-state index in [0.717, 1.165) is 34.8 Å². The lowest BCUT2D eigenvalue weighted by atomic mass is 9.96. The Morgan fingerprint density at radius 3 is 2.48 bits per heavy atom. The first-order valence-electron chi connectivity index (χ1n) is 6.94. The molecule has 0 amide bonds. The van der Waals surface area contributed by atoms with Crippen LogP contribution in [-0.2, 0) is 11.8 Å². The van der Waals surface area contributed by atoms with E-state index >= 15 is 0 Å². The molecule has 2 aromatic heterocycles. The molecular formula is C15H21ClN4S. The van der Waals surface area contributed by atoms with Gasteiger partial charge in [0, 0.05) is 30.0 Å². The molecule has 21 heavy (non-hydrogen) atoms. The van der Waals surface area contributed by atoms with Crippen LogP contribution in [0.25, 0.3) is 0 Å². The molecule has 0 aliphatic carbocycles. The zero-order valence-electron chi connectivity index (χ0n) is 12.8. The van der Waals surface area contributed by atoms with Crippen molar-refractivity contribution >= 4 is 34.6 Å². The quantitative estimate of drug-likeness (QED) is 0.866. The zero-order valence-corrected chi connectivity index (χ0v) is 14.4. The van der Waals surface area contributed by atoms with Crippen LogP contribution in [0.2, 0.25) is 4.34 Å². The number of nitrogens with zero attached hydrogens (tertiary/aromatic N) is 2. The number of halogens is 1. The first-order valence-corrected chi connectivity index (χ1v) is 8.13. The highest BCUT2D eigenvalue weighted by molar-refractivity contribution is 7.16. The number of thiophene rings is 1. The number of hydrogen-bond acceptors (Lipinski definition) is 5. The molecule has 0 saturated heterocycles. The van der Waals surface area contributed by atoms with Gasteiger partial charge >= 0.3 is 0 Å². The molecule has 0 aliphatic heterocycles. The molecule has 0 fully saturated rings. The summed E-state index contributed by atoms with van der Waals surface area (Å²) in [5.74, 6) is 2.51. The number of anilines is 2. The highest BCUT2D eigenvalue weighted by atomic mass is 35.5. The van der Waals surface area contributed by atoms with E-state index in [1.807, 2.05) is 19.2 Å². The molecular weight excluding hydrogens is 304 g/mol. The SMILES string of the molecule is CNc1cc(NCCc2ccc(Cl)s2)nc(C(C)(C)C)n1. The second kappa shape index (κ2) is 6.62. The van der Waals surface area contributed by atoms with E-state index in [1.165, 1.54) is 4.88 Å². The Morgan fingerprint density at radius 2 is 1.90 bits per heavy atom. The fourth-order valence-electron chi connectivity index (χ4n) is 1.80. The Hall–Kier alpha value is -1.33. The van der Waals surface area contributed by atoms with Crippen molar-refractivity contribution in [3.05, 3.63) is 33.2 Å². The summed E-state index contributed by atoms with van der Waals surface area (Å²) >= 11 is 7.55. The Balaban J connectivity index is 2.05. The molecule has 2 N–H and O–H groups in total. The van der Waals surface area contributed by atoms with Crippen LogP contribution in [0.15, 0.2) is 18.2 Å². The van der Waals surface area contributed by atoms with Crippen LogP contribution in [0.4, 0.5) is 11.6 Å². The van der Waals surface area contributed by atoms with Crippen molar-refractivity contribution in [2.75, 3.05) is 24.2 Å². The maximum absolute atomic E-state index is 5.94. The van der Waals surface area contributed by atoms with Gasteiger partial charge in [0.05, 0.1) is 4.34 Å². The minimum atomic E-state index is -0.0788. The molecule has 4 nitrogen and oxygen atoms in total. The summed E-state index contributed by atoms with van der Waals surface area (Å²) in [5, 5.41) is 6.45. The van der Waals surface area contributed by atoms with Gasteiger partial charge in [0.2, 0.25) is 0 Å². The molecule has 0 bridgehead atoms. The van der Waals surface area contributed by atoms with Crippen LogP contribution in [0.5, 0.6) is 0 Å². The van der Waals surface area contributed by atoms with Crippen LogP contribution in [0.1, 0.15) is 31.5 Å². The third kappa shape index (κ3) is 4.58. The van der Waals surface area contributed by atoms with E-state index < -0.39 is 0 Å². The predicted molar refractivity (Wildman–Crippen MR) is 91.8 cm³/mol. The lowest BCUT2D eigenvalue weighted by Crippen LogP contribution is -2.18. The number of rotatable bonds is 5. The topological polar surface area (TPSA) is 49.8 Å². The molecule has 2 rings (SSSR count). The van der Waals surface area contributed by atoms with Gasteiger partial charge in [-0.15, -0.1) is 11.3 Å². The van der Waals surface area contributed by atoms with E-state index in [4.69, 9.17) is 11.6 Å². The average Bonchev–Trinajstić information content (AvgIpc) is 2.83. The fourth-order valence-corrected chi connectivity index (χ4v) is 2.89. The maximum Gasteiger partial charge on any atom is 0.138 e. The molecule has 0 aliphatic rings. The van der Waals surface area contributed by atoms with Crippen LogP contribution in [-0.4, -0.2) is 23.6 Å². The highest BCUT2D eigenvalue weighted by Gasteiger charge is 2.18. The van der Waals surface area contributed by atoms with Crippen LogP contribution >= 0.6 is 22.9 Å². The predicted octanol–water partition coefficient (Wildman–Crippen LogP) is 4.19. The van der Waals surface area contributed by atoms with Crippen molar-refractivity contribution in [3.63, 3.8) is 0 Å². The van der Waals surface area contributed by atoms with Crippen LogP contribution < -0.4 is 10.6 Å². The molecule has 0 unspecified atom stereocenters. The van der Waals surface area contributed by atoms with Gasteiger partial charge in [0.15, 0.2) is 0 Å². The van der Waals surface area contributed by atoms with Crippen molar-refractivity contribution in [2.24, 2.45) is 0 Å². The smallest absolute Gasteiger partial charge is 0.138 e.